The molecule has 11 heteroatoms. The third-order valence-corrected chi connectivity index (χ3v) is 10.2. The van der Waals surface area contributed by atoms with Gasteiger partial charge in [-0.1, -0.05) is 18.9 Å². The summed E-state index contributed by atoms with van der Waals surface area (Å²) in [6.45, 7) is 0.993. The molecule has 1 N–H and O–H groups in total. The highest BCUT2D eigenvalue weighted by Crippen LogP contribution is 2.42. The molecule has 41 heavy (non-hydrogen) atoms. The summed E-state index contributed by atoms with van der Waals surface area (Å²) in [5.41, 5.74) is -1.18. The van der Waals surface area contributed by atoms with Crippen molar-refractivity contribution in [3.05, 3.63) is 84.2 Å². The summed E-state index contributed by atoms with van der Waals surface area (Å²) in [5, 5.41) is 11.8. The van der Waals surface area contributed by atoms with Gasteiger partial charge in [-0.15, -0.1) is 0 Å². The van der Waals surface area contributed by atoms with E-state index in [9.17, 15) is 26.7 Å². The Morgan fingerprint density at radius 3 is 2.32 bits per heavy atom. The number of pyridine rings is 1. The third kappa shape index (κ3) is 5.93. The van der Waals surface area contributed by atoms with Crippen molar-refractivity contribution in [3.8, 4) is 5.75 Å². The molecule has 5 rings (SSSR count). The Morgan fingerprint density at radius 1 is 1.00 bits per heavy atom. The summed E-state index contributed by atoms with van der Waals surface area (Å²) in [6, 6.07) is 13.3. The van der Waals surface area contributed by atoms with Crippen molar-refractivity contribution in [1.82, 2.24) is 9.88 Å². The molecule has 2 aromatic carbocycles. The fourth-order valence-electron chi connectivity index (χ4n) is 6.26. The van der Waals surface area contributed by atoms with E-state index in [1.807, 2.05) is 12.1 Å². The summed E-state index contributed by atoms with van der Waals surface area (Å²) < 4.78 is 75.2. The molecule has 0 spiro atoms. The second-order valence-electron chi connectivity index (χ2n) is 10.7. The molecule has 2 aliphatic rings. The van der Waals surface area contributed by atoms with E-state index in [1.165, 1.54) is 43.5 Å². The third-order valence-electron chi connectivity index (χ3n) is 8.33. The number of benzene rings is 2. The number of hydrogen-bond donors (Lipinski definition) is 1. The van der Waals surface area contributed by atoms with Gasteiger partial charge < -0.3 is 9.84 Å². The molecule has 2 unspecified atom stereocenters. The number of nitrogens with zero attached hydrogens (tertiary/aromatic N) is 3. The van der Waals surface area contributed by atoms with Crippen molar-refractivity contribution in [1.29, 1.82) is 0 Å². The zero-order chi connectivity index (χ0) is 29.3. The topological polar surface area (TPSA) is 83.0 Å². The SMILES string of the molecule is COc1ccc(S(=O)(=O)N(c2cccc(C(F)(F)F)c2)C2CCN(C3CCCCC3(O)c3ccncc3)CC2)cc1. The largest absolute Gasteiger partial charge is 0.497 e. The van der Waals surface area contributed by atoms with Crippen LogP contribution in [0.4, 0.5) is 18.9 Å². The Balaban J connectivity index is 1.45. The van der Waals surface area contributed by atoms with Gasteiger partial charge in [-0.05, 0) is 85.8 Å². The predicted molar refractivity (Wildman–Crippen MR) is 149 cm³/mol. The first-order valence-corrected chi connectivity index (χ1v) is 15.2. The first-order chi connectivity index (χ1) is 19.5. The molecule has 0 amide bonds. The zero-order valence-corrected chi connectivity index (χ0v) is 23.6. The number of sulfonamides is 1. The van der Waals surface area contributed by atoms with Crippen molar-refractivity contribution >= 4 is 15.7 Å². The summed E-state index contributed by atoms with van der Waals surface area (Å²) in [7, 11) is -2.75. The lowest BCUT2D eigenvalue weighted by atomic mass is 9.74. The highest BCUT2D eigenvalue weighted by atomic mass is 32.2. The first-order valence-electron chi connectivity index (χ1n) is 13.8. The molecule has 2 heterocycles. The zero-order valence-electron chi connectivity index (χ0n) is 22.8. The summed E-state index contributed by atoms with van der Waals surface area (Å²) in [6.07, 6.45) is 2.80. The van der Waals surface area contributed by atoms with E-state index < -0.39 is 33.4 Å². The van der Waals surface area contributed by atoms with Gasteiger partial charge in [0.15, 0.2) is 0 Å². The van der Waals surface area contributed by atoms with Crippen LogP contribution < -0.4 is 9.04 Å². The Hall–Kier alpha value is -3.15. The maximum atomic E-state index is 14.0. The van der Waals surface area contributed by atoms with E-state index >= 15 is 0 Å². The van der Waals surface area contributed by atoms with Crippen molar-refractivity contribution in [2.75, 3.05) is 24.5 Å². The average Bonchev–Trinajstić information content (AvgIpc) is 2.98. The molecule has 1 aliphatic carbocycles. The van der Waals surface area contributed by atoms with Crippen LogP contribution in [0, 0.1) is 0 Å². The standard InChI is InChI=1S/C30H34F3N3O4S/c1-40-26-8-10-27(11-9-26)41(38,39)36(25-6-4-5-23(21-25)30(31,32)33)24-14-19-35(20-15-24)28-7-2-3-16-29(28,37)22-12-17-34-18-13-22/h4-6,8-13,17-18,21,24,28,37H,2-3,7,14-16,19-20H2,1H3. The smallest absolute Gasteiger partial charge is 0.416 e. The molecule has 2 fully saturated rings. The van der Waals surface area contributed by atoms with Crippen molar-refractivity contribution in [2.45, 2.75) is 67.3 Å². The molecular formula is C30H34F3N3O4S. The second-order valence-corrected chi connectivity index (χ2v) is 12.5. The van der Waals surface area contributed by atoms with Crippen LogP contribution in [0.5, 0.6) is 5.75 Å². The van der Waals surface area contributed by atoms with E-state index in [-0.39, 0.29) is 16.6 Å². The van der Waals surface area contributed by atoms with Gasteiger partial charge >= 0.3 is 6.18 Å². The molecule has 220 valence electrons. The van der Waals surface area contributed by atoms with E-state index in [0.29, 0.717) is 38.1 Å². The molecule has 1 aliphatic heterocycles. The minimum atomic E-state index is -4.62. The lowest BCUT2D eigenvalue weighted by Crippen LogP contribution is -2.57. The van der Waals surface area contributed by atoms with Crippen LogP contribution >= 0.6 is 0 Å². The lowest BCUT2D eigenvalue weighted by molar-refractivity contribution is -0.137. The number of aromatic nitrogens is 1. The Labute approximate surface area is 238 Å². The number of methoxy groups -OCH3 is 1. The van der Waals surface area contributed by atoms with Crippen LogP contribution in [-0.2, 0) is 21.8 Å². The Morgan fingerprint density at radius 2 is 1.68 bits per heavy atom. The predicted octanol–water partition coefficient (Wildman–Crippen LogP) is 5.60. The maximum absolute atomic E-state index is 14.0. The fourth-order valence-corrected chi connectivity index (χ4v) is 7.96. The van der Waals surface area contributed by atoms with Crippen LogP contribution in [0.25, 0.3) is 0 Å². The van der Waals surface area contributed by atoms with Gasteiger partial charge in [-0.2, -0.15) is 13.2 Å². The van der Waals surface area contributed by atoms with Crippen LogP contribution in [0.3, 0.4) is 0 Å². The van der Waals surface area contributed by atoms with Crippen molar-refractivity contribution in [3.63, 3.8) is 0 Å². The van der Waals surface area contributed by atoms with E-state index in [1.54, 1.807) is 12.4 Å². The highest BCUT2D eigenvalue weighted by molar-refractivity contribution is 7.92. The fraction of sp³-hybridized carbons (Fsp3) is 0.433. The molecular weight excluding hydrogens is 555 g/mol. The van der Waals surface area contributed by atoms with E-state index in [0.717, 1.165) is 41.3 Å². The van der Waals surface area contributed by atoms with Gasteiger partial charge in [0.05, 0.1) is 23.3 Å². The van der Waals surface area contributed by atoms with Gasteiger partial charge in [-0.25, -0.2) is 8.42 Å². The Kier molecular flexibility index (Phi) is 8.31. The molecule has 1 saturated heterocycles. The van der Waals surface area contributed by atoms with Crippen LogP contribution in [0.2, 0.25) is 0 Å². The highest BCUT2D eigenvalue weighted by Gasteiger charge is 2.45. The normalized spacial score (nSPS) is 22.8. The quantitative estimate of drug-likeness (QED) is 0.387. The minimum Gasteiger partial charge on any atom is -0.497 e. The van der Waals surface area contributed by atoms with Gasteiger partial charge in [0.2, 0.25) is 0 Å². The van der Waals surface area contributed by atoms with Crippen molar-refractivity contribution < 1.29 is 31.4 Å². The molecule has 1 aromatic heterocycles. The summed E-state index contributed by atoms with van der Waals surface area (Å²) in [5.74, 6) is 0.469. The van der Waals surface area contributed by atoms with Gasteiger partial charge in [0, 0.05) is 37.6 Å². The monoisotopic (exact) mass is 589 g/mol. The van der Waals surface area contributed by atoms with Crippen LogP contribution in [0.1, 0.15) is 49.7 Å². The van der Waals surface area contributed by atoms with Crippen LogP contribution in [0.15, 0.2) is 78.0 Å². The van der Waals surface area contributed by atoms with E-state index in [4.69, 9.17) is 4.74 Å². The van der Waals surface area contributed by atoms with Gasteiger partial charge in [0.25, 0.3) is 10.0 Å². The maximum Gasteiger partial charge on any atom is 0.416 e. The number of halogens is 3. The molecule has 2 atom stereocenters. The summed E-state index contributed by atoms with van der Waals surface area (Å²) in [4.78, 5) is 6.26. The van der Waals surface area contributed by atoms with Gasteiger partial charge in [0.1, 0.15) is 11.4 Å². The Bertz CT molecular complexity index is 1430. The first kappa shape index (κ1) is 29.3. The average molecular weight is 590 g/mol. The molecule has 7 nitrogen and oxygen atoms in total. The molecule has 0 bridgehead atoms. The number of ether oxygens (including phenoxy) is 1. The molecule has 1 saturated carbocycles. The molecule has 0 radical (unpaired) electrons. The molecule has 3 aromatic rings. The number of hydrogen-bond acceptors (Lipinski definition) is 6. The number of alkyl halides is 3. The number of aliphatic hydroxyl groups is 1. The minimum absolute atomic E-state index is 0.0277. The summed E-state index contributed by atoms with van der Waals surface area (Å²) >= 11 is 0. The lowest BCUT2D eigenvalue weighted by Gasteiger charge is -2.49. The van der Waals surface area contributed by atoms with E-state index in [2.05, 4.69) is 9.88 Å². The van der Waals surface area contributed by atoms with Crippen LogP contribution in [-0.4, -0.2) is 55.7 Å². The number of anilines is 1. The van der Waals surface area contributed by atoms with Gasteiger partial charge in [-0.3, -0.25) is 14.2 Å². The second kappa shape index (κ2) is 11.6. The number of likely N-dealkylation sites (tertiary alicyclic amines) is 1. The number of piperidine rings is 1. The number of rotatable bonds is 7. The van der Waals surface area contributed by atoms with Crippen molar-refractivity contribution in [2.24, 2.45) is 0 Å².